The van der Waals surface area contributed by atoms with Crippen molar-refractivity contribution < 1.29 is 4.79 Å². The molecule has 2 atom stereocenters. The molecule has 1 amide bonds. The minimum Gasteiger partial charge on any atom is -0.356 e. The van der Waals surface area contributed by atoms with Crippen molar-refractivity contribution in [3.05, 3.63) is 0 Å². The molecule has 0 aliphatic heterocycles. The van der Waals surface area contributed by atoms with E-state index in [1.165, 1.54) is 19.3 Å². The SMILES string of the molecule is CC(CBr)CCCNC(=O)C1CCCC1(C)C. The van der Waals surface area contributed by atoms with E-state index in [2.05, 4.69) is 42.0 Å². The summed E-state index contributed by atoms with van der Waals surface area (Å²) in [6, 6.07) is 0. The molecule has 17 heavy (non-hydrogen) atoms. The molecule has 1 fully saturated rings. The molecule has 1 saturated carbocycles. The molecule has 0 spiro atoms. The highest BCUT2D eigenvalue weighted by Crippen LogP contribution is 2.42. The molecular weight excluding hydrogens is 278 g/mol. The molecule has 2 nitrogen and oxygen atoms in total. The lowest BCUT2D eigenvalue weighted by atomic mass is 9.81. The predicted octanol–water partition coefficient (Wildman–Crippen LogP) is 3.74. The molecule has 0 aromatic rings. The summed E-state index contributed by atoms with van der Waals surface area (Å²) >= 11 is 3.48. The van der Waals surface area contributed by atoms with Crippen LogP contribution in [0.2, 0.25) is 0 Å². The summed E-state index contributed by atoms with van der Waals surface area (Å²) in [5.41, 5.74) is 0.202. The van der Waals surface area contributed by atoms with Crippen molar-refractivity contribution in [1.82, 2.24) is 5.32 Å². The van der Waals surface area contributed by atoms with Crippen molar-refractivity contribution >= 4 is 21.8 Å². The van der Waals surface area contributed by atoms with Crippen molar-refractivity contribution in [2.45, 2.75) is 52.9 Å². The average molecular weight is 304 g/mol. The maximum absolute atomic E-state index is 12.1. The van der Waals surface area contributed by atoms with Gasteiger partial charge in [0.05, 0.1) is 0 Å². The predicted molar refractivity (Wildman–Crippen MR) is 76.3 cm³/mol. The molecule has 0 aromatic heterocycles. The fraction of sp³-hybridized carbons (Fsp3) is 0.929. The smallest absolute Gasteiger partial charge is 0.223 e. The van der Waals surface area contributed by atoms with Gasteiger partial charge in [-0.05, 0) is 37.0 Å². The Kier molecular flexibility index (Phi) is 5.98. The highest BCUT2D eigenvalue weighted by molar-refractivity contribution is 9.09. The lowest BCUT2D eigenvalue weighted by Crippen LogP contribution is -2.36. The quantitative estimate of drug-likeness (QED) is 0.588. The molecular formula is C14H26BrNO. The van der Waals surface area contributed by atoms with Crippen LogP contribution >= 0.6 is 15.9 Å². The lowest BCUT2D eigenvalue weighted by Gasteiger charge is -2.25. The van der Waals surface area contributed by atoms with Gasteiger partial charge in [0.1, 0.15) is 0 Å². The van der Waals surface area contributed by atoms with Crippen molar-refractivity contribution in [1.29, 1.82) is 0 Å². The van der Waals surface area contributed by atoms with Crippen molar-refractivity contribution in [3.8, 4) is 0 Å². The maximum atomic E-state index is 12.1. The second-order valence-corrected chi connectivity index (χ2v) is 6.77. The average Bonchev–Trinajstić information content (AvgIpc) is 2.63. The standard InChI is InChI=1S/C14H26BrNO/c1-11(10-15)6-5-9-16-13(17)12-7-4-8-14(12,2)3/h11-12H,4-10H2,1-3H3,(H,16,17). The van der Waals surface area contributed by atoms with Gasteiger partial charge < -0.3 is 5.32 Å². The Hall–Kier alpha value is -0.0500. The Morgan fingerprint density at radius 3 is 2.76 bits per heavy atom. The monoisotopic (exact) mass is 303 g/mol. The van der Waals surface area contributed by atoms with Crippen LogP contribution in [0.15, 0.2) is 0 Å². The number of nitrogens with one attached hydrogen (secondary N) is 1. The summed E-state index contributed by atoms with van der Waals surface area (Å²) in [6.45, 7) is 7.51. The Morgan fingerprint density at radius 1 is 1.53 bits per heavy atom. The molecule has 0 saturated heterocycles. The van der Waals surface area contributed by atoms with Crippen LogP contribution in [0.1, 0.15) is 52.9 Å². The molecule has 1 aliphatic rings. The van der Waals surface area contributed by atoms with Crippen LogP contribution in [0.25, 0.3) is 0 Å². The Morgan fingerprint density at radius 2 is 2.24 bits per heavy atom. The first-order valence-electron chi connectivity index (χ1n) is 6.81. The van der Waals surface area contributed by atoms with Crippen LogP contribution < -0.4 is 5.32 Å². The van der Waals surface area contributed by atoms with Gasteiger partial charge in [-0.1, -0.05) is 43.1 Å². The van der Waals surface area contributed by atoms with Gasteiger partial charge in [0, 0.05) is 17.8 Å². The van der Waals surface area contributed by atoms with E-state index in [0.717, 1.165) is 24.7 Å². The Bertz CT molecular complexity index is 253. The molecule has 1 rings (SSSR count). The zero-order chi connectivity index (χ0) is 12.9. The molecule has 0 radical (unpaired) electrons. The highest BCUT2D eigenvalue weighted by Gasteiger charge is 2.38. The largest absolute Gasteiger partial charge is 0.356 e. The van der Waals surface area contributed by atoms with Crippen LogP contribution in [0, 0.1) is 17.3 Å². The lowest BCUT2D eigenvalue weighted by molar-refractivity contribution is -0.127. The number of carbonyl (C=O) groups is 1. The van der Waals surface area contributed by atoms with Gasteiger partial charge in [0.25, 0.3) is 0 Å². The zero-order valence-corrected chi connectivity index (χ0v) is 13.0. The first kappa shape index (κ1) is 15.0. The number of alkyl halides is 1. The third kappa shape index (κ3) is 4.61. The van der Waals surface area contributed by atoms with E-state index in [4.69, 9.17) is 0 Å². The number of halogens is 1. The summed E-state index contributed by atoms with van der Waals surface area (Å²) < 4.78 is 0. The first-order valence-corrected chi connectivity index (χ1v) is 7.93. The number of hydrogen-bond donors (Lipinski definition) is 1. The van der Waals surface area contributed by atoms with Crippen LogP contribution in [-0.4, -0.2) is 17.8 Å². The number of carbonyl (C=O) groups excluding carboxylic acids is 1. The fourth-order valence-corrected chi connectivity index (χ4v) is 3.00. The number of hydrogen-bond acceptors (Lipinski definition) is 1. The summed E-state index contributed by atoms with van der Waals surface area (Å²) in [5.74, 6) is 1.21. The zero-order valence-electron chi connectivity index (χ0n) is 11.4. The molecule has 1 aliphatic carbocycles. The summed E-state index contributed by atoms with van der Waals surface area (Å²) in [7, 11) is 0. The normalized spacial score (nSPS) is 24.6. The van der Waals surface area contributed by atoms with Gasteiger partial charge in [0.15, 0.2) is 0 Å². The number of amides is 1. The summed E-state index contributed by atoms with van der Waals surface area (Å²) in [5, 5.41) is 4.16. The second kappa shape index (κ2) is 6.77. The summed E-state index contributed by atoms with van der Waals surface area (Å²) in [6.07, 6.45) is 5.72. The molecule has 2 unspecified atom stereocenters. The highest BCUT2D eigenvalue weighted by atomic mass is 79.9. The minimum absolute atomic E-state index is 0.202. The second-order valence-electron chi connectivity index (χ2n) is 6.13. The topological polar surface area (TPSA) is 29.1 Å². The van der Waals surface area contributed by atoms with E-state index in [9.17, 15) is 4.79 Å². The molecule has 0 aromatic carbocycles. The number of rotatable bonds is 6. The van der Waals surface area contributed by atoms with E-state index < -0.39 is 0 Å². The van der Waals surface area contributed by atoms with Crippen LogP contribution in [0.3, 0.4) is 0 Å². The van der Waals surface area contributed by atoms with E-state index >= 15 is 0 Å². The minimum atomic E-state index is 0.202. The third-order valence-electron chi connectivity index (χ3n) is 4.01. The molecule has 100 valence electrons. The molecule has 0 heterocycles. The van der Waals surface area contributed by atoms with Crippen LogP contribution in [-0.2, 0) is 4.79 Å². The third-order valence-corrected chi connectivity index (χ3v) is 5.12. The van der Waals surface area contributed by atoms with Crippen LogP contribution in [0.4, 0.5) is 0 Å². The van der Waals surface area contributed by atoms with Crippen LogP contribution in [0.5, 0.6) is 0 Å². The van der Waals surface area contributed by atoms with E-state index in [-0.39, 0.29) is 17.2 Å². The molecule has 3 heteroatoms. The van der Waals surface area contributed by atoms with Gasteiger partial charge in [-0.15, -0.1) is 0 Å². The Labute approximate surface area is 114 Å². The van der Waals surface area contributed by atoms with Gasteiger partial charge in [0.2, 0.25) is 5.91 Å². The van der Waals surface area contributed by atoms with Gasteiger partial charge in [-0.2, -0.15) is 0 Å². The van der Waals surface area contributed by atoms with Crippen molar-refractivity contribution in [2.75, 3.05) is 11.9 Å². The van der Waals surface area contributed by atoms with Gasteiger partial charge in [-0.25, -0.2) is 0 Å². The fourth-order valence-electron chi connectivity index (χ4n) is 2.68. The molecule has 1 N–H and O–H groups in total. The van der Waals surface area contributed by atoms with Gasteiger partial charge >= 0.3 is 0 Å². The molecule has 0 bridgehead atoms. The van der Waals surface area contributed by atoms with E-state index in [1.54, 1.807) is 0 Å². The summed E-state index contributed by atoms with van der Waals surface area (Å²) in [4.78, 5) is 12.1. The van der Waals surface area contributed by atoms with E-state index in [1.807, 2.05) is 0 Å². The van der Waals surface area contributed by atoms with Gasteiger partial charge in [-0.3, -0.25) is 4.79 Å². The van der Waals surface area contributed by atoms with Crippen molar-refractivity contribution in [2.24, 2.45) is 17.3 Å². The maximum Gasteiger partial charge on any atom is 0.223 e. The first-order chi connectivity index (χ1) is 7.97. The van der Waals surface area contributed by atoms with Crippen molar-refractivity contribution in [3.63, 3.8) is 0 Å². The Balaban J connectivity index is 2.21. The van der Waals surface area contributed by atoms with E-state index in [0.29, 0.717) is 5.92 Å².